The highest BCUT2D eigenvalue weighted by molar-refractivity contribution is 5.94. The number of carboxylic acids is 2. The van der Waals surface area contributed by atoms with Crippen molar-refractivity contribution in [2.75, 3.05) is 13.1 Å². The highest BCUT2D eigenvalue weighted by Gasteiger charge is 2.38. The SMILES string of the molecule is CC(C)C(N)C(=O)N1CCCC1C(=O)NC(CCC(=O)O)C(=O)NCC(=O)O. The van der Waals surface area contributed by atoms with Crippen molar-refractivity contribution in [3.05, 3.63) is 0 Å². The fourth-order valence-electron chi connectivity index (χ4n) is 2.87. The number of rotatable bonds is 10. The van der Waals surface area contributed by atoms with Crippen LogP contribution in [0.1, 0.15) is 39.5 Å². The van der Waals surface area contributed by atoms with E-state index in [0.717, 1.165) is 0 Å². The van der Waals surface area contributed by atoms with Crippen molar-refractivity contribution >= 4 is 29.7 Å². The van der Waals surface area contributed by atoms with Crippen molar-refractivity contribution in [1.82, 2.24) is 15.5 Å². The second-order valence-corrected chi connectivity index (χ2v) is 7.06. The van der Waals surface area contributed by atoms with Crippen molar-refractivity contribution in [3.63, 3.8) is 0 Å². The zero-order valence-corrected chi connectivity index (χ0v) is 16.0. The van der Waals surface area contributed by atoms with Crippen LogP contribution in [-0.2, 0) is 24.0 Å². The van der Waals surface area contributed by atoms with Crippen molar-refractivity contribution in [2.24, 2.45) is 11.7 Å². The van der Waals surface area contributed by atoms with Gasteiger partial charge < -0.3 is 31.5 Å². The molecular weight excluding hydrogens is 372 g/mol. The number of carbonyl (C=O) groups is 5. The van der Waals surface area contributed by atoms with Gasteiger partial charge in [-0.2, -0.15) is 0 Å². The minimum absolute atomic E-state index is 0.109. The molecule has 11 nitrogen and oxygen atoms in total. The highest BCUT2D eigenvalue weighted by atomic mass is 16.4. The molecule has 158 valence electrons. The second-order valence-electron chi connectivity index (χ2n) is 7.06. The Hall–Kier alpha value is -2.69. The number of aliphatic carboxylic acids is 2. The van der Waals surface area contributed by atoms with E-state index in [9.17, 15) is 24.0 Å². The Kier molecular flexibility index (Phi) is 8.83. The van der Waals surface area contributed by atoms with Gasteiger partial charge in [0, 0.05) is 13.0 Å². The van der Waals surface area contributed by atoms with Crippen LogP contribution < -0.4 is 16.4 Å². The number of nitrogens with one attached hydrogen (secondary N) is 2. The summed E-state index contributed by atoms with van der Waals surface area (Å²) in [4.78, 5) is 60.1. The maximum atomic E-state index is 12.7. The molecule has 0 saturated carbocycles. The van der Waals surface area contributed by atoms with E-state index in [1.807, 2.05) is 0 Å². The lowest BCUT2D eigenvalue weighted by atomic mass is 10.0. The lowest BCUT2D eigenvalue weighted by Crippen LogP contribution is -2.56. The van der Waals surface area contributed by atoms with Gasteiger partial charge in [0.15, 0.2) is 0 Å². The van der Waals surface area contributed by atoms with E-state index in [-0.39, 0.29) is 18.2 Å². The van der Waals surface area contributed by atoms with Crippen LogP contribution in [-0.4, -0.2) is 76.0 Å². The molecule has 1 aliphatic heterocycles. The molecule has 0 aromatic carbocycles. The van der Waals surface area contributed by atoms with Crippen molar-refractivity contribution in [3.8, 4) is 0 Å². The second kappa shape index (κ2) is 10.6. The molecule has 28 heavy (non-hydrogen) atoms. The first kappa shape index (κ1) is 23.3. The molecular formula is C17H28N4O7. The summed E-state index contributed by atoms with van der Waals surface area (Å²) in [5.74, 6) is -4.29. The molecule has 11 heteroatoms. The number of hydrogen-bond acceptors (Lipinski definition) is 6. The number of nitrogens with zero attached hydrogens (tertiary/aromatic N) is 1. The highest BCUT2D eigenvalue weighted by Crippen LogP contribution is 2.20. The molecule has 1 aliphatic rings. The van der Waals surface area contributed by atoms with E-state index in [1.54, 1.807) is 13.8 Å². The van der Waals surface area contributed by atoms with Gasteiger partial charge in [-0.15, -0.1) is 0 Å². The Bertz CT molecular complexity index is 623. The summed E-state index contributed by atoms with van der Waals surface area (Å²) in [5, 5.41) is 22.1. The topological polar surface area (TPSA) is 179 Å². The van der Waals surface area contributed by atoms with E-state index >= 15 is 0 Å². The van der Waals surface area contributed by atoms with E-state index in [1.165, 1.54) is 4.90 Å². The lowest BCUT2D eigenvalue weighted by molar-refractivity contribution is -0.142. The van der Waals surface area contributed by atoms with Gasteiger partial charge in [-0.25, -0.2) is 0 Å². The molecule has 1 saturated heterocycles. The molecule has 1 heterocycles. The van der Waals surface area contributed by atoms with Crippen LogP contribution in [0, 0.1) is 5.92 Å². The molecule has 0 aromatic rings. The van der Waals surface area contributed by atoms with Gasteiger partial charge in [-0.3, -0.25) is 24.0 Å². The maximum absolute atomic E-state index is 12.7. The molecule has 0 radical (unpaired) electrons. The molecule has 6 N–H and O–H groups in total. The van der Waals surface area contributed by atoms with Gasteiger partial charge in [0.2, 0.25) is 17.7 Å². The predicted octanol–water partition coefficient (Wildman–Crippen LogP) is -1.49. The molecule has 0 bridgehead atoms. The third-order valence-electron chi connectivity index (χ3n) is 4.54. The average Bonchev–Trinajstić information content (AvgIpc) is 3.11. The van der Waals surface area contributed by atoms with Crippen LogP contribution in [0.5, 0.6) is 0 Å². The lowest BCUT2D eigenvalue weighted by Gasteiger charge is -2.29. The van der Waals surface area contributed by atoms with Crippen LogP contribution in [0.15, 0.2) is 0 Å². The Morgan fingerprint density at radius 2 is 1.79 bits per heavy atom. The van der Waals surface area contributed by atoms with Gasteiger partial charge in [0.05, 0.1) is 6.04 Å². The Morgan fingerprint density at radius 3 is 2.32 bits per heavy atom. The minimum Gasteiger partial charge on any atom is -0.481 e. The predicted molar refractivity (Wildman–Crippen MR) is 97.0 cm³/mol. The average molecular weight is 400 g/mol. The number of amides is 3. The van der Waals surface area contributed by atoms with E-state index < -0.39 is 54.8 Å². The fraction of sp³-hybridized carbons (Fsp3) is 0.706. The van der Waals surface area contributed by atoms with Crippen LogP contribution in [0.25, 0.3) is 0 Å². The number of hydrogen-bond donors (Lipinski definition) is 5. The first-order chi connectivity index (χ1) is 13.0. The summed E-state index contributed by atoms with van der Waals surface area (Å²) in [6.45, 7) is 3.29. The number of likely N-dealkylation sites (tertiary alicyclic amines) is 1. The Labute approximate surface area is 162 Å². The molecule has 0 aromatic heterocycles. The Morgan fingerprint density at radius 1 is 1.14 bits per heavy atom. The summed E-state index contributed by atoms with van der Waals surface area (Å²) in [6.07, 6.45) is 0.389. The van der Waals surface area contributed by atoms with Crippen LogP contribution in [0.2, 0.25) is 0 Å². The van der Waals surface area contributed by atoms with E-state index in [0.29, 0.717) is 19.4 Å². The third kappa shape index (κ3) is 6.80. The smallest absolute Gasteiger partial charge is 0.322 e. The zero-order valence-electron chi connectivity index (χ0n) is 16.0. The molecule has 3 unspecified atom stereocenters. The van der Waals surface area contributed by atoms with Crippen LogP contribution in [0.3, 0.4) is 0 Å². The first-order valence-corrected chi connectivity index (χ1v) is 9.12. The summed E-state index contributed by atoms with van der Waals surface area (Å²) >= 11 is 0. The molecule has 0 spiro atoms. The van der Waals surface area contributed by atoms with Gasteiger partial charge in [0.1, 0.15) is 18.6 Å². The Balaban J connectivity index is 2.83. The number of carbonyl (C=O) groups excluding carboxylic acids is 3. The first-order valence-electron chi connectivity index (χ1n) is 9.12. The quantitative estimate of drug-likeness (QED) is 0.294. The molecule has 0 aliphatic carbocycles. The molecule has 1 fully saturated rings. The minimum atomic E-state index is -1.27. The number of carboxylic acid groups (broad SMARTS) is 2. The molecule has 3 amide bonds. The van der Waals surface area contributed by atoms with Crippen molar-refractivity contribution in [1.29, 1.82) is 0 Å². The van der Waals surface area contributed by atoms with Crippen LogP contribution >= 0.6 is 0 Å². The molecule has 3 atom stereocenters. The van der Waals surface area contributed by atoms with E-state index in [4.69, 9.17) is 15.9 Å². The van der Waals surface area contributed by atoms with Gasteiger partial charge in [-0.05, 0) is 25.2 Å². The van der Waals surface area contributed by atoms with Crippen molar-refractivity contribution < 1.29 is 34.2 Å². The van der Waals surface area contributed by atoms with Crippen molar-refractivity contribution in [2.45, 2.75) is 57.7 Å². The van der Waals surface area contributed by atoms with Gasteiger partial charge >= 0.3 is 11.9 Å². The summed E-state index contributed by atoms with van der Waals surface area (Å²) in [6, 6.07) is -2.79. The molecule has 1 rings (SSSR count). The summed E-state index contributed by atoms with van der Waals surface area (Å²) < 4.78 is 0. The number of nitrogens with two attached hydrogens (primary N) is 1. The monoisotopic (exact) mass is 400 g/mol. The fourth-order valence-corrected chi connectivity index (χ4v) is 2.87. The van der Waals surface area contributed by atoms with E-state index in [2.05, 4.69) is 10.6 Å². The third-order valence-corrected chi connectivity index (χ3v) is 4.54. The largest absolute Gasteiger partial charge is 0.481 e. The van der Waals surface area contributed by atoms with Crippen LogP contribution in [0.4, 0.5) is 0 Å². The summed E-state index contributed by atoms with van der Waals surface area (Å²) in [7, 11) is 0. The maximum Gasteiger partial charge on any atom is 0.322 e. The zero-order chi connectivity index (χ0) is 21.4. The van der Waals surface area contributed by atoms with Gasteiger partial charge in [-0.1, -0.05) is 13.8 Å². The summed E-state index contributed by atoms with van der Waals surface area (Å²) in [5.41, 5.74) is 5.89. The normalized spacial score (nSPS) is 18.4. The van der Waals surface area contributed by atoms with Gasteiger partial charge in [0.25, 0.3) is 0 Å². The standard InChI is InChI=1S/C17H28N4O7/c1-9(2)14(18)17(28)21-7-3-4-11(21)16(27)20-10(5-6-12(22)23)15(26)19-8-13(24)25/h9-11,14H,3-8,18H2,1-2H3,(H,19,26)(H,20,27)(H,22,23)(H,24,25).